The van der Waals surface area contributed by atoms with Crippen LogP contribution in [-0.2, 0) is 0 Å². The number of hydrogen-bond acceptors (Lipinski definition) is 6. The van der Waals surface area contributed by atoms with Crippen LogP contribution in [0.3, 0.4) is 0 Å². The van der Waals surface area contributed by atoms with Gasteiger partial charge in [0.2, 0.25) is 5.95 Å². The summed E-state index contributed by atoms with van der Waals surface area (Å²) in [6.07, 6.45) is 3.01. The third-order valence-electron chi connectivity index (χ3n) is 2.96. The van der Waals surface area contributed by atoms with E-state index in [9.17, 15) is 14.9 Å². The largest absolute Gasteiger partial charge is 0.369 e. The Morgan fingerprint density at radius 2 is 2.05 bits per heavy atom. The van der Waals surface area contributed by atoms with Crippen molar-refractivity contribution >= 4 is 17.0 Å². The molecule has 4 N–H and O–H groups in total. The van der Waals surface area contributed by atoms with Crippen LogP contribution in [-0.4, -0.2) is 19.9 Å². The summed E-state index contributed by atoms with van der Waals surface area (Å²) in [4.78, 5) is 36.7. The summed E-state index contributed by atoms with van der Waals surface area (Å²) < 4.78 is 0. The van der Waals surface area contributed by atoms with E-state index in [1.54, 1.807) is 18.3 Å². The van der Waals surface area contributed by atoms with E-state index in [0.29, 0.717) is 5.56 Å². The third-order valence-corrected chi connectivity index (χ3v) is 2.96. The maximum Gasteiger partial charge on any atom is 0.268 e. The highest BCUT2D eigenvalue weighted by atomic mass is 16.1. The van der Waals surface area contributed by atoms with Gasteiger partial charge in [0.1, 0.15) is 17.3 Å². The van der Waals surface area contributed by atoms with Gasteiger partial charge in [0.25, 0.3) is 11.1 Å². The summed E-state index contributed by atoms with van der Waals surface area (Å²) in [5, 5.41) is 9.31. The molecule has 3 aromatic rings. The fraction of sp³-hybridized carbons (Fsp3) is 0. The monoisotopic (exact) mass is 280 g/mol. The first-order chi connectivity index (χ1) is 10.1. The second-order valence-electron chi connectivity index (χ2n) is 4.23. The van der Waals surface area contributed by atoms with E-state index in [4.69, 9.17) is 5.73 Å². The zero-order valence-electron chi connectivity index (χ0n) is 10.5. The number of aromatic amines is 2. The molecule has 0 fully saturated rings. The molecule has 0 bridgehead atoms. The van der Waals surface area contributed by atoms with E-state index < -0.39 is 11.1 Å². The van der Waals surface area contributed by atoms with E-state index in [2.05, 4.69) is 19.9 Å². The first-order valence-corrected chi connectivity index (χ1v) is 5.88. The number of nitrogens with zero attached hydrogens (tertiary/aromatic N) is 3. The standard InChI is InChI=1S/C13H8N6O2/c14-4-7-8(6-2-1-3-16-5-6)9-10(17-11(7)20)18-13(15)19-12(9)21/h1-3,5H,(H4,15,17,18,19,20,21). The quantitative estimate of drug-likeness (QED) is 0.578. The first-order valence-electron chi connectivity index (χ1n) is 5.88. The minimum Gasteiger partial charge on any atom is -0.369 e. The summed E-state index contributed by atoms with van der Waals surface area (Å²) in [6.45, 7) is 0. The van der Waals surface area contributed by atoms with Crippen molar-refractivity contribution in [2.75, 3.05) is 5.73 Å². The van der Waals surface area contributed by atoms with E-state index in [1.165, 1.54) is 6.20 Å². The van der Waals surface area contributed by atoms with Gasteiger partial charge >= 0.3 is 0 Å². The van der Waals surface area contributed by atoms with Crippen molar-refractivity contribution in [1.82, 2.24) is 19.9 Å². The maximum atomic E-state index is 12.1. The Kier molecular flexibility index (Phi) is 2.73. The van der Waals surface area contributed by atoms with Gasteiger partial charge in [-0.25, -0.2) is 0 Å². The number of aromatic nitrogens is 4. The van der Waals surface area contributed by atoms with E-state index in [-0.39, 0.29) is 28.1 Å². The van der Waals surface area contributed by atoms with E-state index in [1.807, 2.05) is 6.07 Å². The molecule has 0 amide bonds. The minimum atomic E-state index is -0.638. The average Bonchev–Trinajstić information content (AvgIpc) is 2.46. The van der Waals surface area contributed by atoms with Crippen molar-refractivity contribution in [3.05, 3.63) is 50.8 Å². The highest BCUT2D eigenvalue weighted by Crippen LogP contribution is 2.25. The molecule has 0 aliphatic rings. The van der Waals surface area contributed by atoms with Crippen LogP contribution in [0.4, 0.5) is 5.95 Å². The fourth-order valence-electron chi connectivity index (χ4n) is 2.13. The molecule has 21 heavy (non-hydrogen) atoms. The molecule has 0 aromatic carbocycles. The predicted molar refractivity (Wildman–Crippen MR) is 75.3 cm³/mol. The number of nitrogens with two attached hydrogens (primary N) is 1. The Hall–Kier alpha value is -3.47. The summed E-state index contributed by atoms with van der Waals surface area (Å²) >= 11 is 0. The van der Waals surface area contributed by atoms with Crippen LogP contribution >= 0.6 is 0 Å². The van der Waals surface area contributed by atoms with Crippen LogP contribution in [0.25, 0.3) is 22.2 Å². The van der Waals surface area contributed by atoms with Crippen LogP contribution in [0.5, 0.6) is 0 Å². The fourth-order valence-corrected chi connectivity index (χ4v) is 2.13. The first kappa shape index (κ1) is 12.6. The summed E-state index contributed by atoms with van der Waals surface area (Å²) in [7, 11) is 0. The zero-order chi connectivity index (χ0) is 15.0. The lowest BCUT2D eigenvalue weighted by molar-refractivity contribution is 1.14. The summed E-state index contributed by atoms with van der Waals surface area (Å²) in [6, 6.07) is 5.10. The number of rotatable bonds is 1. The van der Waals surface area contributed by atoms with Crippen molar-refractivity contribution in [3.63, 3.8) is 0 Å². The topological polar surface area (TPSA) is 141 Å². The number of hydrogen-bond donors (Lipinski definition) is 3. The Balaban J connectivity index is 2.61. The number of nitrogens with one attached hydrogen (secondary N) is 2. The number of nitriles is 1. The molecule has 3 rings (SSSR count). The number of nitrogen functional groups attached to an aromatic ring is 1. The summed E-state index contributed by atoms with van der Waals surface area (Å²) in [5.41, 5.74) is 4.81. The van der Waals surface area contributed by atoms with Gasteiger partial charge in [0.05, 0.1) is 5.39 Å². The second-order valence-corrected chi connectivity index (χ2v) is 4.23. The van der Waals surface area contributed by atoms with Gasteiger partial charge in [-0.05, 0) is 6.07 Å². The molecule has 102 valence electrons. The maximum absolute atomic E-state index is 12.1. The normalized spacial score (nSPS) is 10.4. The number of H-pyrrole nitrogens is 2. The Bertz CT molecular complexity index is 997. The average molecular weight is 280 g/mol. The van der Waals surface area contributed by atoms with Crippen LogP contribution in [0.1, 0.15) is 5.56 Å². The Morgan fingerprint density at radius 3 is 2.71 bits per heavy atom. The van der Waals surface area contributed by atoms with Crippen LogP contribution in [0, 0.1) is 11.3 Å². The van der Waals surface area contributed by atoms with Crippen LogP contribution < -0.4 is 16.9 Å². The lowest BCUT2D eigenvalue weighted by Gasteiger charge is -2.07. The summed E-state index contributed by atoms with van der Waals surface area (Å²) in [5.74, 6) is -0.120. The van der Waals surface area contributed by atoms with Gasteiger partial charge in [0, 0.05) is 23.5 Å². The molecule has 0 saturated carbocycles. The second kappa shape index (κ2) is 4.57. The van der Waals surface area contributed by atoms with Crippen LogP contribution in [0.2, 0.25) is 0 Å². The number of fused-ring (bicyclic) bond motifs is 1. The van der Waals surface area contributed by atoms with Crippen molar-refractivity contribution in [2.24, 2.45) is 0 Å². The van der Waals surface area contributed by atoms with Gasteiger partial charge in [-0.3, -0.25) is 19.6 Å². The van der Waals surface area contributed by atoms with Crippen molar-refractivity contribution in [3.8, 4) is 17.2 Å². The highest BCUT2D eigenvalue weighted by Gasteiger charge is 2.18. The third kappa shape index (κ3) is 1.93. The van der Waals surface area contributed by atoms with E-state index in [0.717, 1.165) is 0 Å². The minimum absolute atomic E-state index is 0.0269. The zero-order valence-corrected chi connectivity index (χ0v) is 10.5. The molecule has 0 spiro atoms. The van der Waals surface area contributed by atoms with Crippen LogP contribution in [0.15, 0.2) is 34.1 Å². The van der Waals surface area contributed by atoms with E-state index >= 15 is 0 Å². The predicted octanol–water partition coefficient (Wildman–Crippen LogP) is 0.127. The molecular formula is C13H8N6O2. The lowest BCUT2D eigenvalue weighted by atomic mass is 10.0. The molecule has 0 radical (unpaired) electrons. The number of anilines is 1. The molecule has 8 nitrogen and oxygen atoms in total. The Morgan fingerprint density at radius 1 is 1.24 bits per heavy atom. The molecular weight excluding hydrogens is 272 g/mol. The highest BCUT2D eigenvalue weighted by molar-refractivity contribution is 5.94. The SMILES string of the molecule is N#Cc1c(-c2cccnc2)c2c(=O)[nH]c(N)nc2[nH]c1=O. The smallest absolute Gasteiger partial charge is 0.268 e. The van der Waals surface area contributed by atoms with Gasteiger partial charge in [-0.15, -0.1) is 0 Å². The molecule has 0 atom stereocenters. The lowest BCUT2D eigenvalue weighted by Crippen LogP contribution is -2.20. The molecule has 0 aliphatic heterocycles. The van der Waals surface area contributed by atoms with Gasteiger partial charge in [-0.2, -0.15) is 10.2 Å². The number of pyridine rings is 2. The Labute approximate surface area is 116 Å². The van der Waals surface area contributed by atoms with Gasteiger partial charge in [-0.1, -0.05) is 6.07 Å². The molecule has 3 aromatic heterocycles. The molecule has 3 heterocycles. The van der Waals surface area contributed by atoms with Gasteiger partial charge in [0.15, 0.2) is 0 Å². The molecule has 0 unspecified atom stereocenters. The molecule has 0 saturated heterocycles. The molecule has 0 aliphatic carbocycles. The van der Waals surface area contributed by atoms with Crippen molar-refractivity contribution < 1.29 is 0 Å². The van der Waals surface area contributed by atoms with Crippen molar-refractivity contribution in [2.45, 2.75) is 0 Å². The van der Waals surface area contributed by atoms with Crippen molar-refractivity contribution in [1.29, 1.82) is 5.26 Å². The van der Waals surface area contributed by atoms with Gasteiger partial charge < -0.3 is 10.7 Å². The molecule has 8 heteroatoms.